The molecule has 2 rings (SSSR count). The number of hydrogen-bond donors (Lipinski definition) is 1. The summed E-state index contributed by atoms with van der Waals surface area (Å²) in [4.78, 5) is 14.1. The predicted octanol–water partition coefficient (Wildman–Crippen LogP) is 2.50. The molecule has 1 aromatic heterocycles. The highest BCUT2D eigenvalue weighted by Crippen LogP contribution is 2.21. The molecule has 1 amide bonds. The van der Waals surface area contributed by atoms with Crippen LogP contribution < -0.4 is 10.6 Å². The van der Waals surface area contributed by atoms with Gasteiger partial charge in [-0.05, 0) is 25.1 Å². The van der Waals surface area contributed by atoms with Crippen molar-refractivity contribution in [3.63, 3.8) is 0 Å². The van der Waals surface area contributed by atoms with Crippen LogP contribution in [0.3, 0.4) is 0 Å². The van der Waals surface area contributed by atoms with E-state index in [1.807, 2.05) is 12.1 Å². The summed E-state index contributed by atoms with van der Waals surface area (Å²) in [6.07, 6.45) is 1.44. The van der Waals surface area contributed by atoms with Crippen molar-refractivity contribution in [2.75, 3.05) is 11.9 Å². The fourth-order valence-electron chi connectivity index (χ4n) is 1.83. The van der Waals surface area contributed by atoms with Gasteiger partial charge >= 0.3 is 0 Å². The van der Waals surface area contributed by atoms with Crippen LogP contribution in [0.2, 0.25) is 0 Å². The molecule has 0 aliphatic heterocycles. The molecule has 19 heavy (non-hydrogen) atoms. The van der Waals surface area contributed by atoms with Crippen LogP contribution in [0.5, 0.6) is 0 Å². The largest absolute Gasteiger partial charge is 0.469 e. The minimum Gasteiger partial charge on any atom is -0.469 e. The first-order chi connectivity index (χ1) is 9.00. The predicted molar refractivity (Wildman–Crippen MR) is 78.5 cm³/mol. The van der Waals surface area contributed by atoms with Crippen LogP contribution >= 0.6 is 12.2 Å². The third kappa shape index (κ3) is 2.66. The van der Waals surface area contributed by atoms with Crippen LogP contribution in [0.1, 0.15) is 21.7 Å². The second-order valence-corrected chi connectivity index (χ2v) is 4.63. The fraction of sp³-hybridized carbons (Fsp3) is 0.143. The molecule has 0 saturated carbocycles. The third-order valence-corrected chi connectivity index (χ3v) is 3.03. The first-order valence-corrected chi connectivity index (χ1v) is 6.13. The SMILES string of the molecule is Cc1cc(C(=O)N(C)c2ccccc2C(N)=S)co1. The maximum atomic E-state index is 12.3. The Kier molecular flexibility index (Phi) is 3.66. The number of thiocarbonyl (C=S) groups is 1. The van der Waals surface area contributed by atoms with Crippen molar-refractivity contribution >= 4 is 28.8 Å². The molecule has 0 atom stereocenters. The van der Waals surface area contributed by atoms with Gasteiger partial charge in [0.25, 0.3) is 5.91 Å². The number of benzene rings is 1. The lowest BCUT2D eigenvalue weighted by Crippen LogP contribution is -2.28. The van der Waals surface area contributed by atoms with Crippen molar-refractivity contribution in [3.8, 4) is 0 Å². The van der Waals surface area contributed by atoms with E-state index in [-0.39, 0.29) is 10.9 Å². The second-order valence-electron chi connectivity index (χ2n) is 4.19. The molecule has 0 spiro atoms. The number of carbonyl (C=O) groups is 1. The van der Waals surface area contributed by atoms with Gasteiger partial charge in [-0.1, -0.05) is 24.4 Å². The molecule has 0 aliphatic rings. The summed E-state index contributed by atoms with van der Waals surface area (Å²) < 4.78 is 5.15. The lowest BCUT2D eigenvalue weighted by Gasteiger charge is -2.19. The molecule has 0 unspecified atom stereocenters. The number of furan rings is 1. The van der Waals surface area contributed by atoms with E-state index < -0.39 is 0 Å². The van der Waals surface area contributed by atoms with E-state index >= 15 is 0 Å². The molecule has 0 aliphatic carbocycles. The van der Waals surface area contributed by atoms with Gasteiger partial charge < -0.3 is 15.1 Å². The molecule has 0 radical (unpaired) electrons. The Morgan fingerprint density at radius 1 is 1.37 bits per heavy atom. The highest BCUT2D eigenvalue weighted by atomic mass is 32.1. The topological polar surface area (TPSA) is 59.5 Å². The number of nitrogens with two attached hydrogens (primary N) is 1. The minimum absolute atomic E-state index is 0.166. The van der Waals surface area contributed by atoms with Gasteiger partial charge in [-0.25, -0.2) is 0 Å². The van der Waals surface area contributed by atoms with E-state index in [4.69, 9.17) is 22.4 Å². The van der Waals surface area contributed by atoms with Crippen LogP contribution in [0.25, 0.3) is 0 Å². The second kappa shape index (κ2) is 5.24. The maximum Gasteiger partial charge on any atom is 0.261 e. The summed E-state index contributed by atoms with van der Waals surface area (Å²) in [6, 6.07) is 8.96. The Hall–Kier alpha value is -2.14. The van der Waals surface area contributed by atoms with E-state index in [0.717, 1.165) is 0 Å². The summed E-state index contributed by atoms with van der Waals surface area (Å²) in [5, 5.41) is 0. The van der Waals surface area contributed by atoms with E-state index in [0.29, 0.717) is 22.6 Å². The molecule has 98 valence electrons. The summed E-state index contributed by atoms with van der Waals surface area (Å²) >= 11 is 5.00. The van der Waals surface area contributed by atoms with Gasteiger partial charge in [0.1, 0.15) is 17.0 Å². The van der Waals surface area contributed by atoms with Crippen molar-refractivity contribution in [1.29, 1.82) is 0 Å². The number of aryl methyl sites for hydroxylation is 1. The molecular formula is C14H14N2O2S. The van der Waals surface area contributed by atoms with Crippen molar-refractivity contribution < 1.29 is 9.21 Å². The molecule has 0 bridgehead atoms. The van der Waals surface area contributed by atoms with E-state index in [9.17, 15) is 4.79 Å². The molecule has 1 aromatic carbocycles. The van der Waals surface area contributed by atoms with E-state index in [1.54, 1.807) is 32.2 Å². The quantitative estimate of drug-likeness (QED) is 0.874. The summed E-state index contributed by atoms with van der Waals surface area (Å²) in [5.74, 6) is 0.528. The first-order valence-electron chi connectivity index (χ1n) is 5.72. The molecule has 2 N–H and O–H groups in total. The van der Waals surface area contributed by atoms with Gasteiger partial charge in [-0.2, -0.15) is 0 Å². The van der Waals surface area contributed by atoms with E-state index in [1.165, 1.54) is 11.2 Å². The average Bonchev–Trinajstić information content (AvgIpc) is 2.83. The average molecular weight is 274 g/mol. The summed E-state index contributed by atoms with van der Waals surface area (Å²) in [5.41, 5.74) is 7.52. The summed E-state index contributed by atoms with van der Waals surface area (Å²) in [6.45, 7) is 1.79. The smallest absolute Gasteiger partial charge is 0.261 e. The lowest BCUT2D eigenvalue weighted by atomic mass is 10.1. The molecule has 0 fully saturated rings. The minimum atomic E-state index is -0.166. The molecular weight excluding hydrogens is 260 g/mol. The lowest BCUT2D eigenvalue weighted by molar-refractivity contribution is 0.0992. The number of rotatable bonds is 3. The molecule has 0 saturated heterocycles. The van der Waals surface area contributed by atoms with Gasteiger partial charge in [0.15, 0.2) is 0 Å². The van der Waals surface area contributed by atoms with Gasteiger partial charge in [-0.15, -0.1) is 0 Å². The van der Waals surface area contributed by atoms with Crippen molar-refractivity contribution in [3.05, 3.63) is 53.5 Å². The van der Waals surface area contributed by atoms with Crippen LogP contribution in [0.4, 0.5) is 5.69 Å². The molecule has 4 nitrogen and oxygen atoms in total. The van der Waals surface area contributed by atoms with Crippen molar-refractivity contribution in [2.24, 2.45) is 5.73 Å². The van der Waals surface area contributed by atoms with Crippen LogP contribution in [0, 0.1) is 6.92 Å². The van der Waals surface area contributed by atoms with E-state index in [2.05, 4.69) is 0 Å². The molecule has 5 heteroatoms. The first kappa shape index (κ1) is 13.3. The zero-order valence-corrected chi connectivity index (χ0v) is 11.5. The standard InChI is InChI=1S/C14H14N2O2S/c1-9-7-10(8-18-9)14(17)16(2)12-6-4-3-5-11(12)13(15)19/h3-8H,1-2H3,(H2,15,19). The normalized spacial score (nSPS) is 10.2. The Morgan fingerprint density at radius 3 is 2.63 bits per heavy atom. The number of amides is 1. The number of nitrogens with zero attached hydrogens (tertiary/aromatic N) is 1. The number of hydrogen-bond acceptors (Lipinski definition) is 3. The maximum absolute atomic E-state index is 12.3. The zero-order valence-electron chi connectivity index (χ0n) is 10.7. The Bertz CT molecular complexity index is 634. The number of carbonyl (C=O) groups excluding carboxylic acids is 1. The van der Waals surface area contributed by atoms with Gasteiger partial charge in [0.05, 0.1) is 11.3 Å². The number of para-hydroxylation sites is 1. The Labute approximate surface area is 116 Å². The van der Waals surface area contributed by atoms with Gasteiger partial charge in [0, 0.05) is 12.6 Å². The van der Waals surface area contributed by atoms with Gasteiger partial charge in [-0.3, -0.25) is 4.79 Å². The highest BCUT2D eigenvalue weighted by Gasteiger charge is 2.18. The Balaban J connectivity index is 2.37. The van der Waals surface area contributed by atoms with Crippen molar-refractivity contribution in [1.82, 2.24) is 0 Å². The Morgan fingerprint density at radius 2 is 2.05 bits per heavy atom. The van der Waals surface area contributed by atoms with Crippen LogP contribution in [-0.4, -0.2) is 17.9 Å². The fourth-order valence-corrected chi connectivity index (χ4v) is 2.01. The van der Waals surface area contributed by atoms with Crippen LogP contribution in [0.15, 0.2) is 41.0 Å². The third-order valence-electron chi connectivity index (χ3n) is 2.81. The molecule has 1 heterocycles. The van der Waals surface area contributed by atoms with Crippen molar-refractivity contribution in [2.45, 2.75) is 6.92 Å². The zero-order chi connectivity index (χ0) is 14.0. The summed E-state index contributed by atoms with van der Waals surface area (Å²) in [7, 11) is 1.68. The van der Waals surface area contributed by atoms with Crippen LogP contribution in [-0.2, 0) is 0 Å². The van der Waals surface area contributed by atoms with Gasteiger partial charge in [0.2, 0.25) is 0 Å². The highest BCUT2D eigenvalue weighted by molar-refractivity contribution is 7.80. The number of anilines is 1. The molecule has 2 aromatic rings. The monoisotopic (exact) mass is 274 g/mol.